The van der Waals surface area contributed by atoms with Crippen LogP contribution in [0.4, 0.5) is 0 Å². The van der Waals surface area contributed by atoms with Crippen molar-refractivity contribution < 1.29 is 9.90 Å². The van der Waals surface area contributed by atoms with Crippen LogP contribution in [0.15, 0.2) is 0 Å². The maximum atomic E-state index is 10.5. The normalized spacial score (nSPS) is 16.1. The van der Waals surface area contributed by atoms with Crippen LogP contribution in [0.3, 0.4) is 0 Å². The molecule has 0 aliphatic carbocycles. The van der Waals surface area contributed by atoms with Gasteiger partial charge in [-0.25, -0.2) is 0 Å². The Morgan fingerprint density at radius 1 is 1.67 bits per heavy atom. The molecule has 0 aromatic heterocycles. The van der Waals surface area contributed by atoms with Crippen LogP contribution in [0, 0.1) is 5.92 Å². The van der Waals surface area contributed by atoms with Crippen molar-refractivity contribution in [1.82, 2.24) is 0 Å². The Kier molecular flexibility index (Phi) is 4.78. The minimum Gasteiger partial charge on any atom is -0.481 e. The molecule has 4 heteroatoms. The summed E-state index contributed by atoms with van der Waals surface area (Å²) in [6.45, 7) is 4.46. The van der Waals surface area contributed by atoms with Crippen LogP contribution < -0.4 is 5.73 Å². The number of hydrogen-bond donors (Lipinski definition) is 2. The molecular formula is C8H16BrNO2. The maximum absolute atomic E-state index is 10.5. The van der Waals surface area contributed by atoms with Crippen LogP contribution in [0.25, 0.3) is 0 Å². The topological polar surface area (TPSA) is 63.3 Å². The third kappa shape index (κ3) is 4.72. The monoisotopic (exact) mass is 237 g/mol. The zero-order valence-corrected chi connectivity index (χ0v) is 9.10. The van der Waals surface area contributed by atoms with Crippen molar-refractivity contribution in [3.63, 3.8) is 0 Å². The molecule has 12 heavy (non-hydrogen) atoms. The lowest BCUT2D eigenvalue weighted by molar-refractivity contribution is -0.137. The van der Waals surface area contributed by atoms with Crippen molar-refractivity contribution in [2.75, 3.05) is 6.54 Å². The minimum atomic E-state index is -0.807. The van der Waals surface area contributed by atoms with Gasteiger partial charge in [0.25, 0.3) is 0 Å². The van der Waals surface area contributed by atoms with Crippen molar-refractivity contribution >= 4 is 21.9 Å². The number of rotatable bonds is 5. The lowest BCUT2D eigenvalue weighted by Crippen LogP contribution is -2.35. The number of halogens is 1. The van der Waals surface area contributed by atoms with E-state index in [2.05, 4.69) is 15.9 Å². The number of carboxylic acid groups (broad SMARTS) is 1. The summed E-state index contributed by atoms with van der Waals surface area (Å²) in [5, 5.41) is 8.61. The molecule has 0 aliphatic rings. The van der Waals surface area contributed by atoms with Crippen LogP contribution in [0.1, 0.15) is 26.7 Å². The van der Waals surface area contributed by atoms with Crippen LogP contribution >= 0.6 is 15.9 Å². The van der Waals surface area contributed by atoms with E-state index in [1.807, 2.05) is 13.8 Å². The number of hydrogen-bond acceptors (Lipinski definition) is 2. The zero-order valence-electron chi connectivity index (χ0n) is 7.51. The lowest BCUT2D eigenvalue weighted by atomic mass is 9.94. The molecular weight excluding hydrogens is 222 g/mol. The van der Waals surface area contributed by atoms with Crippen molar-refractivity contribution in [2.45, 2.75) is 31.0 Å². The van der Waals surface area contributed by atoms with Crippen LogP contribution in [-0.2, 0) is 4.79 Å². The van der Waals surface area contributed by atoms with Gasteiger partial charge in [-0.05, 0) is 12.3 Å². The number of nitrogens with two attached hydrogens (primary N) is 1. The molecule has 0 fully saturated rings. The predicted molar refractivity (Wildman–Crippen MR) is 52.4 cm³/mol. The second-order valence-corrected chi connectivity index (χ2v) is 5.21. The molecule has 0 rings (SSSR count). The van der Waals surface area contributed by atoms with Gasteiger partial charge in [0, 0.05) is 10.9 Å². The molecule has 1 unspecified atom stereocenters. The van der Waals surface area contributed by atoms with E-state index < -0.39 is 10.3 Å². The van der Waals surface area contributed by atoms with Gasteiger partial charge in [0.1, 0.15) is 0 Å². The fraction of sp³-hybridized carbons (Fsp3) is 0.875. The van der Waals surface area contributed by atoms with Crippen LogP contribution in [-0.4, -0.2) is 21.9 Å². The first-order valence-electron chi connectivity index (χ1n) is 4.00. The van der Waals surface area contributed by atoms with E-state index in [4.69, 9.17) is 10.8 Å². The smallest absolute Gasteiger partial charge is 0.304 e. The molecule has 0 aliphatic heterocycles. The molecule has 0 heterocycles. The Hall–Kier alpha value is -0.0900. The third-order valence-electron chi connectivity index (χ3n) is 1.61. The molecule has 3 nitrogen and oxygen atoms in total. The van der Waals surface area contributed by atoms with E-state index in [1.54, 1.807) is 0 Å². The molecule has 72 valence electrons. The van der Waals surface area contributed by atoms with Crippen LogP contribution in [0.5, 0.6) is 0 Å². The second kappa shape index (κ2) is 4.82. The second-order valence-electron chi connectivity index (χ2n) is 3.52. The summed E-state index contributed by atoms with van der Waals surface area (Å²) >= 11 is 3.38. The minimum absolute atomic E-state index is 0.0850. The van der Waals surface area contributed by atoms with E-state index in [0.29, 0.717) is 12.5 Å². The first-order chi connectivity index (χ1) is 5.39. The van der Waals surface area contributed by atoms with Crippen molar-refractivity contribution in [2.24, 2.45) is 11.7 Å². The molecule has 3 N–H and O–H groups in total. The van der Waals surface area contributed by atoms with E-state index in [1.165, 1.54) is 0 Å². The van der Waals surface area contributed by atoms with E-state index in [-0.39, 0.29) is 6.42 Å². The Morgan fingerprint density at radius 2 is 2.17 bits per heavy atom. The number of alkyl halides is 1. The third-order valence-corrected chi connectivity index (χ3v) is 2.54. The van der Waals surface area contributed by atoms with Gasteiger partial charge < -0.3 is 10.8 Å². The largest absolute Gasteiger partial charge is 0.481 e. The number of carboxylic acids is 1. The van der Waals surface area contributed by atoms with Gasteiger partial charge in [0.15, 0.2) is 0 Å². The standard InChI is InChI=1S/C8H16BrNO2/c1-6(2)3-8(9,5-10)4-7(11)12/h6H,3-5,10H2,1-2H3,(H,11,12). The molecule has 0 bridgehead atoms. The molecule has 0 amide bonds. The zero-order chi connectivity index (χ0) is 9.78. The predicted octanol–water partition coefficient (Wildman–Crippen LogP) is 1.60. The van der Waals surface area contributed by atoms with E-state index >= 15 is 0 Å². The van der Waals surface area contributed by atoms with Gasteiger partial charge in [-0.3, -0.25) is 4.79 Å². The van der Waals surface area contributed by atoms with Crippen LogP contribution in [0.2, 0.25) is 0 Å². The molecule has 0 saturated heterocycles. The van der Waals surface area contributed by atoms with E-state index in [9.17, 15) is 4.79 Å². The maximum Gasteiger partial charge on any atom is 0.304 e. The Morgan fingerprint density at radius 3 is 2.42 bits per heavy atom. The fourth-order valence-corrected chi connectivity index (χ4v) is 2.12. The molecule has 0 radical (unpaired) electrons. The highest BCUT2D eigenvalue weighted by Gasteiger charge is 2.28. The van der Waals surface area contributed by atoms with Gasteiger partial charge >= 0.3 is 5.97 Å². The lowest BCUT2D eigenvalue weighted by Gasteiger charge is -2.25. The number of carbonyl (C=O) groups is 1. The summed E-state index contributed by atoms with van der Waals surface area (Å²) in [6.07, 6.45) is 0.872. The SMILES string of the molecule is CC(C)CC(Br)(CN)CC(=O)O. The average molecular weight is 238 g/mol. The summed E-state index contributed by atoms with van der Waals surface area (Å²) in [6, 6.07) is 0. The summed E-state index contributed by atoms with van der Waals surface area (Å²) in [7, 11) is 0. The van der Waals surface area contributed by atoms with Gasteiger partial charge in [-0.2, -0.15) is 0 Å². The molecule has 0 aromatic carbocycles. The van der Waals surface area contributed by atoms with Gasteiger partial charge in [-0.1, -0.05) is 29.8 Å². The van der Waals surface area contributed by atoms with Crippen molar-refractivity contribution in [3.05, 3.63) is 0 Å². The molecule has 1 atom stereocenters. The fourth-order valence-electron chi connectivity index (χ4n) is 1.23. The first kappa shape index (κ1) is 11.9. The Bertz CT molecular complexity index is 161. The van der Waals surface area contributed by atoms with Crippen molar-refractivity contribution in [3.8, 4) is 0 Å². The molecule has 0 spiro atoms. The molecule has 0 aromatic rings. The quantitative estimate of drug-likeness (QED) is 0.715. The Balaban J connectivity index is 4.13. The van der Waals surface area contributed by atoms with Gasteiger partial charge in [0.2, 0.25) is 0 Å². The highest BCUT2D eigenvalue weighted by atomic mass is 79.9. The summed E-state index contributed by atoms with van der Waals surface area (Å²) < 4.78 is -0.424. The van der Waals surface area contributed by atoms with Gasteiger partial charge in [0.05, 0.1) is 6.42 Å². The molecule has 0 saturated carbocycles. The van der Waals surface area contributed by atoms with Crippen molar-refractivity contribution in [1.29, 1.82) is 0 Å². The highest BCUT2D eigenvalue weighted by molar-refractivity contribution is 9.10. The summed E-state index contributed by atoms with van der Waals surface area (Å²) in [5.41, 5.74) is 5.49. The summed E-state index contributed by atoms with van der Waals surface area (Å²) in [5.74, 6) is -0.356. The van der Waals surface area contributed by atoms with Gasteiger partial charge in [-0.15, -0.1) is 0 Å². The van der Waals surface area contributed by atoms with E-state index in [0.717, 1.165) is 6.42 Å². The highest BCUT2D eigenvalue weighted by Crippen LogP contribution is 2.29. The summed E-state index contributed by atoms with van der Waals surface area (Å²) in [4.78, 5) is 10.5. The number of aliphatic carboxylic acids is 1. The average Bonchev–Trinajstić information content (AvgIpc) is 1.83. The Labute approximate surface area is 81.5 Å². The first-order valence-corrected chi connectivity index (χ1v) is 4.80.